The van der Waals surface area contributed by atoms with Crippen LogP contribution in [-0.2, 0) is 14.3 Å². The maximum atomic E-state index is 11.6. The average molecular weight is 279 g/mol. The van der Waals surface area contributed by atoms with Crippen molar-refractivity contribution < 1.29 is 19.4 Å². The van der Waals surface area contributed by atoms with Gasteiger partial charge in [-0.1, -0.05) is 25.5 Å². The van der Waals surface area contributed by atoms with E-state index in [1.807, 2.05) is 0 Å². The van der Waals surface area contributed by atoms with E-state index < -0.39 is 11.9 Å². The van der Waals surface area contributed by atoms with Crippen LogP contribution in [0, 0.1) is 0 Å². The summed E-state index contributed by atoms with van der Waals surface area (Å²) in [6.45, 7) is 4.30. The summed E-state index contributed by atoms with van der Waals surface area (Å²) in [4.78, 5) is 22.4. The van der Waals surface area contributed by atoms with Gasteiger partial charge in [-0.2, -0.15) is 0 Å². The first-order valence-corrected chi connectivity index (χ1v) is 6.75. The number of carboxylic acids is 1. The van der Waals surface area contributed by atoms with E-state index in [0.717, 1.165) is 12.8 Å². The zero-order chi connectivity index (χ0) is 15.0. The monoisotopic (exact) mass is 279 g/mol. The second-order valence-corrected chi connectivity index (χ2v) is 4.64. The predicted molar refractivity (Wildman–Crippen MR) is 76.8 cm³/mol. The van der Waals surface area contributed by atoms with E-state index in [0.29, 0.717) is 17.9 Å². The molecule has 0 aliphatic heterocycles. The van der Waals surface area contributed by atoms with E-state index in [-0.39, 0.29) is 12.5 Å². The highest BCUT2D eigenvalue weighted by molar-refractivity contribution is 5.91. The van der Waals surface area contributed by atoms with Gasteiger partial charge >= 0.3 is 5.97 Å². The number of carboxylic acid groups (broad SMARTS) is 1. The number of carbonyl (C=O) groups excluding carboxylic acids is 1. The van der Waals surface area contributed by atoms with Crippen LogP contribution in [-0.4, -0.2) is 30.2 Å². The Hall–Kier alpha value is -1.88. The molecule has 0 heterocycles. The third-order valence-electron chi connectivity index (χ3n) is 2.94. The first-order valence-electron chi connectivity index (χ1n) is 6.75. The zero-order valence-electron chi connectivity index (χ0n) is 11.9. The first kappa shape index (κ1) is 16.2. The Morgan fingerprint density at radius 3 is 2.50 bits per heavy atom. The Balaban J connectivity index is 2.45. The number of benzene rings is 1. The largest absolute Gasteiger partial charge is 0.481 e. The lowest BCUT2D eigenvalue weighted by atomic mass is 10.0. The minimum Gasteiger partial charge on any atom is -0.481 e. The molecule has 1 rings (SSSR count). The molecule has 0 saturated carbocycles. The quantitative estimate of drug-likeness (QED) is 0.717. The number of ether oxygens (including phenoxy) is 1. The van der Waals surface area contributed by atoms with Gasteiger partial charge in [-0.15, -0.1) is 0 Å². The van der Waals surface area contributed by atoms with Crippen LogP contribution in [0.25, 0.3) is 0 Å². The summed E-state index contributed by atoms with van der Waals surface area (Å²) in [5.41, 5.74) is 1.34. The van der Waals surface area contributed by atoms with Gasteiger partial charge in [0.05, 0.1) is 5.92 Å². The van der Waals surface area contributed by atoms with E-state index in [9.17, 15) is 9.59 Å². The Kier molecular flexibility index (Phi) is 6.73. The van der Waals surface area contributed by atoms with Gasteiger partial charge in [-0.3, -0.25) is 9.59 Å². The molecule has 0 radical (unpaired) electrons. The molecule has 1 unspecified atom stereocenters. The van der Waals surface area contributed by atoms with Crippen molar-refractivity contribution in [1.29, 1.82) is 0 Å². The highest BCUT2D eigenvalue weighted by atomic mass is 16.5. The molecule has 0 bridgehead atoms. The van der Waals surface area contributed by atoms with E-state index in [4.69, 9.17) is 9.84 Å². The molecule has 0 saturated heterocycles. The van der Waals surface area contributed by atoms with Crippen molar-refractivity contribution in [2.75, 3.05) is 18.5 Å². The standard InChI is InChI=1S/C15H21NO4/c1-3-4-9-20-10-14(17)16-13-7-5-12(6-8-13)11(2)15(18)19/h5-8,11H,3-4,9-10H2,1-2H3,(H,16,17)(H,18,19). The van der Waals surface area contributed by atoms with Crippen LogP contribution in [0.4, 0.5) is 5.69 Å². The van der Waals surface area contributed by atoms with Crippen LogP contribution >= 0.6 is 0 Å². The second kappa shape index (κ2) is 8.32. The summed E-state index contributed by atoms with van der Waals surface area (Å²) in [6.07, 6.45) is 1.97. The molecule has 20 heavy (non-hydrogen) atoms. The smallest absolute Gasteiger partial charge is 0.310 e. The summed E-state index contributed by atoms with van der Waals surface area (Å²) in [6, 6.07) is 6.79. The summed E-state index contributed by atoms with van der Waals surface area (Å²) >= 11 is 0. The van der Waals surface area contributed by atoms with Gasteiger partial charge in [-0.05, 0) is 31.0 Å². The number of unbranched alkanes of at least 4 members (excludes halogenated alkanes) is 1. The number of carbonyl (C=O) groups is 2. The molecule has 5 heteroatoms. The molecule has 1 atom stereocenters. The molecule has 1 amide bonds. The number of nitrogens with one attached hydrogen (secondary N) is 1. The van der Waals surface area contributed by atoms with Crippen molar-refractivity contribution in [3.05, 3.63) is 29.8 Å². The third-order valence-corrected chi connectivity index (χ3v) is 2.94. The van der Waals surface area contributed by atoms with Crippen molar-refractivity contribution >= 4 is 17.6 Å². The minimum atomic E-state index is -0.869. The first-order chi connectivity index (χ1) is 9.54. The number of rotatable bonds is 8. The lowest BCUT2D eigenvalue weighted by Crippen LogP contribution is -2.18. The fourth-order valence-electron chi connectivity index (χ4n) is 1.61. The van der Waals surface area contributed by atoms with Crippen molar-refractivity contribution in [2.45, 2.75) is 32.6 Å². The Morgan fingerprint density at radius 2 is 1.95 bits per heavy atom. The van der Waals surface area contributed by atoms with Gasteiger partial charge < -0.3 is 15.2 Å². The average Bonchev–Trinajstić information content (AvgIpc) is 2.43. The molecule has 0 spiro atoms. The molecule has 0 aliphatic rings. The molecule has 5 nitrogen and oxygen atoms in total. The van der Waals surface area contributed by atoms with Crippen molar-refractivity contribution in [2.24, 2.45) is 0 Å². The molecule has 1 aromatic rings. The van der Waals surface area contributed by atoms with E-state index >= 15 is 0 Å². The summed E-state index contributed by atoms with van der Waals surface area (Å²) in [5.74, 6) is -1.64. The SMILES string of the molecule is CCCCOCC(=O)Nc1ccc(C(C)C(=O)O)cc1. The van der Waals surface area contributed by atoms with Crippen LogP contribution in [0.1, 0.15) is 38.2 Å². The van der Waals surface area contributed by atoms with Crippen LogP contribution in [0.2, 0.25) is 0 Å². The van der Waals surface area contributed by atoms with E-state index in [1.54, 1.807) is 31.2 Å². The molecule has 0 fully saturated rings. The van der Waals surface area contributed by atoms with Gasteiger partial charge in [0.25, 0.3) is 0 Å². The normalized spacial score (nSPS) is 11.9. The number of hydrogen-bond donors (Lipinski definition) is 2. The van der Waals surface area contributed by atoms with Crippen LogP contribution in [0.3, 0.4) is 0 Å². The predicted octanol–water partition coefficient (Wildman–Crippen LogP) is 2.63. The second-order valence-electron chi connectivity index (χ2n) is 4.64. The molecule has 0 aliphatic carbocycles. The van der Waals surface area contributed by atoms with Gasteiger partial charge in [0.1, 0.15) is 6.61 Å². The Morgan fingerprint density at radius 1 is 1.30 bits per heavy atom. The fourth-order valence-corrected chi connectivity index (χ4v) is 1.61. The van der Waals surface area contributed by atoms with Crippen molar-refractivity contribution in [3.63, 3.8) is 0 Å². The highest BCUT2D eigenvalue weighted by Gasteiger charge is 2.13. The molecule has 0 aromatic heterocycles. The molecule has 110 valence electrons. The number of anilines is 1. The number of amides is 1. The molecular weight excluding hydrogens is 258 g/mol. The zero-order valence-corrected chi connectivity index (χ0v) is 11.9. The minimum absolute atomic E-state index is 0.0350. The number of aliphatic carboxylic acids is 1. The van der Waals surface area contributed by atoms with Gasteiger partial charge in [0.2, 0.25) is 5.91 Å². The van der Waals surface area contributed by atoms with Crippen LogP contribution in [0.5, 0.6) is 0 Å². The van der Waals surface area contributed by atoms with Gasteiger partial charge in [0, 0.05) is 12.3 Å². The number of hydrogen-bond acceptors (Lipinski definition) is 3. The fraction of sp³-hybridized carbons (Fsp3) is 0.467. The highest BCUT2D eigenvalue weighted by Crippen LogP contribution is 2.18. The molecule has 1 aromatic carbocycles. The Labute approximate surface area is 118 Å². The molecule has 2 N–H and O–H groups in total. The van der Waals surface area contributed by atoms with Crippen LogP contribution < -0.4 is 5.32 Å². The summed E-state index contributed by atoms with van der Waals surface area (Å²) in [7, 11) is 0. The van der Waals surface area contributed by atoms with Gasteiger partial charge in [0.15, 0.2) is 0 Å². The Bertz CT molecular complexity index is 442. The van der Waals surface area contributed by atoms with E-state index in [1.165, 1.54) is 0 Å². The third kappa shape index (κ3) is 5.40. The van der Waals surface area contributed by atoms with E-state index in [2.05, 4.69) is 12.2 Å². The summed E-state index contributed by atoms with van der Waals surface area (Å²) in [5, 5.41) is 11.6. The maximum Gasteiger partial charge on any atom is 0.310 e. The van der Waals surface area contributed by atoms with Gasteiger partial charge in [-0.25, -0.2) is 0 Å². The van der Waals surface area contributed by atoms with Crippen molar-refractivity contribution in [1.82, 2.24) is 0 Å². The molecular formula is C15H21NO4. The van der Waals surface area contributed by atoms with Crippen LogP contribution in [0.15, 0.2) is 24.3 Å². The lowest BCUT2D eigenvalue weighted by Gasteiger charge is -2.09. The van der Waals surface area contributed by atoms with Crippen molar-refractivity contribution in [3.8, 4) is 0 Å². The topological polar surface area (TPSA) is 75.6 Å². The lowest BCUT2D eigenvalue weighted by molar-refractivity contribution is -0.138. The maximum absolute atomic E-state index is 11.6. The summed E-state index contributed by atoms with van der Waals surface area (Å²) < 4.78 is 5.21.